The number of hydrogen-bond donors (Lipinski definition) is 1. The first-order valence-corrected chi connectivity index (χ1v) is 4.52. The van der Waals surface area contributed by atoms with Gasteiger partial charge in [-0.3, -0.25) is 0 Å². The normalized spacial score (nSPS) is 9.83. The minimum absolute atomic E-state index is 0.280. The van der Waals surface area contributed by atoms with Crippen molar-refractivity contribution in [1.82, 2.24) is 0 Å². The third-order valence-electron chi connectivity index (χ3n) is 1.38. The molecule has 0 radical (unpaired) electrons. The highest BCUT2D eigenvalue weighted by Crippen LogP contribution is 2.15. The average Bonchev–Trinajstić information content (AvgIpc) is 1.94. The number of hydrogen-bond acceptors (Lipinski definition) is 1. The van der Waals surface area contributed by atoms with Gasteiger partial charge in [-0.1, -0.05) is 34.2 Å². The fourth-order valence-corrected chi connectivity index (χ4v) is 1.34. The van der Waals surface area contributed by atoms with Gasteiger partial charge in [-0.2, -0.15) is 0 Å². The fraction of sp³-hybridized carbons (Fsp3) is 0.125. The molecule has 0 aliphatic heterocycles. The number of rotatable bonds is 2. The number of nitrogens with two attached hydrogens (primary N) is 1. The SMILES string of the molecule is NC(=S)Cc1ccc(Br)cc1F. The van der Waals surface area contributed by atoms with Crippen LogP contribution in [-0.2, 0) is 6.42 Å². The topological polar surface area (TPSA) is 26.0 Å². The Morgan fingerprint density at radius 3 is 2.75 bits per heavy atom. The van der Waals surface area contributed by atoms with Crippen LogP contribution in [0.15, 0.2) is 22.7 Å². The van der Waals surface area contributed by atoms with Crippen LogP contribution in [0.25, 0.3) is 0 Å². The van der Waals surface area contributed by atoms with Gasteiger partial charge in [0.25, 0.3) is 0 Å². The van der Waals surface area contributed by atoms with Crippen molar-refractivity contribution in [2.75, 3.05) is 0 Å². The predicted octanol–water partition coefficient (Wildman–Crippen LogP) is 2.42. The van der Waals surface area contributed by atoms with Gasteiger partial charge >= 0.3 is 0 Å². The highest BCUT2D eigenvalue weighted by molar-refractivity contribution is 9.10. The number of thiocarbonyl (C=S) groups is 1. The first-order chi connectivity index (χ1) is 5.59. The van der Waals surface area contributed by atoms with Crippen molar-refractivity contribution in [3.05, 3.63) is 34.1 Å². The minimum Gasteiger partial charge on any atom is -0.393 e. The van der Waals surface area contributed by atoms with E-state index in [9.17, 15) is 4.39 Å². The standard InChI is InChI=1S/C8H7BrFNS/c9-6-2-1-5(3-8(11)12)7(10)4-6/h1-2,4H,3H2,(H2,11,12). The van der Waals surface area contributed by atoms with E-state index in [4.69, 9.17) is 5.73 Å². The maximum absolute atomic E-state index is 13.1. The molecule has 4 heteroatoms. The lowest BCUT2D eigenvalue weighted by molar-refractivity contribution is 0.615. The Morgan fingerprint density at radius 2 is 2.25 bits per heavy atom. The van der Waals surface area contributed by atoms with E-state index in [1.807, 2.05) is 0 Å². The van der Waals surface area contributed by atoms with Crippen LogP contribution < -0.4 is 5.73 Å². The average molecular weight is 248 g/mol. The van der Waals surface area contributed by atoms with Gasteiger partial charge in [-0.05, 0) is 17.7 Å². The highest BCUT2D eigenvalue weighted by atomic mass is 79.9. The van der Waals surface area contributed by atoms with E-state index < -0.39 is 0 Å². The van der Waals surface area contributed by atoms with E-state index in [1.165, 1.54) is 6.07 Å². The molecule has 1 aromatic carbocycles. The smallest absolute Gasteiger partial charge is 0.127 e. The summed E-state index contributed by atoms with van der Waals surface area (Å²) < 4.78 is 13.8. The van der Waals surface area contributed by atoms with Crippen LogP contribution in [-0.4, -0.2) is 4.99 Å². The van der Waals surface area contributed by atoms with Crippen molar-refractivity contribution in [3.63, 3.8) is 0 Å². The van der Waals surface area contributed by atoms with Gasteiger partial charge in [0.05, 0.1) is 4.99 Å². The van der Waals surface area contributed by atoms with Gasteiger partial charge < -0.3 is 5.73 Å². The van der Waals surface area contributed by atoms with Crippen LogP contribution in [0.3, 0.4) is 0 Å². The first-order valence-electron chi connectivity index (χ1n) is 3.32. The fourth-order valence-electron chi connectivity index (χ4n) is 0.853. The van der Waals surface area contributed by atoms with Gasteiger partial charge in [0, 0.05) is 10.9 Å². The Kier molecular flexibility index (Phi) is 3.17. The second-order valence-corrected chi connectivity index (χ2v) is 3.82. The maximum Gasteiger partial charge on any atom is 0.127 e. The van der Waals surface area contributed by atoms with Gasteiger partial charge in [0.2, 0.25) is 0 Å². The van der Waals surface area contributed by atoms with Gasteiger partial charge in [-0.25, -0.2) is 4.39 Å². The van der Waals surface area contributed by atoms with E-state index >= 15 is 0 Å². The Hall–Kier alpha value is -0.480. The Morgan fingerprint density at radius 1 is 1.58 bits per heavy atom. The van der Waals surface area contributed by atoms with Crippen LogP contribution in [0.5, 0.6) is 0 Å². The molecule has 0 spiro atoms. The predicted molar refractivity (Wildman–Crippen MR) is 54.6 cm³/mol. The van der Waals surface area contributed by atoms with E-state index in [1.54, 1.807) is 12.1 Å². The summed E-state index contributed by atoms with van der Waals surface area (Å²) in [5.41, 5.74) is 5.82. The van der Waals surface area contributed by atoms with Crippen molar-refractivity contribution in [2.24, 2.45) is 5.73 Å². The van der Waals surface area contributed by atoms with Crippen molar-refractivity contribution in [1.29, 1.82) is 0 Å². The quantitative estimate of drug-likeness (QED) is 0.813. The van der Waals surface area contributed by atoms with E-state index in [-0.39, 0.29) is 5.82 Å². The van der Waals surface area contributed by atoms with E-state index in [0.717, 1.165) is 0 Å². The lowest BCUT2D eigenvalue weighted by Gasteiger charge is -2.01. The molecule has 2 N–H and O–H groups in total. The molecule has 0 bridgehead atoms. The molecule has 0 saturated carbocycles. The van der Waals surface area contributed by atoms with Crippen molar-refractivity contribution < 1.29 is 4.39 Å². The summed E-state index contributed by atoms with van der Waals surface area (Å²) in [6.07, 6.45) is 0.314. The summed E-state index contributed by atoms with van der Waals surface area (Å²) >= 11 is 7.83. The molecule has 0 aliphatic carbocycles. The molecule has 0 heterocycles. The van der Waals surface area contributed by atoms with Crippen molar-refractivity contribution in [2.45, 2.75) is 6.42 Å². The summed E-state index contributed by atoms with van der Waals surface area (Å²) in [6.45, 7) is 0. The monoisotopic (exact) mass is 247 g/mol. The molecule has 0 aliphatic rings. The second kappa shape index (κ2) is 3.96. The van der Waals surface area contributed by atoms with Crippen LogP contribution >= 0.6 is 28.1 Å². The Balaban J connectivity index is 2.93. The third-order valence-corrected chi connectivity index (χ3v) is 2.02. The minimum atomic E-state index is -0.280. The summed E-state index contributed by atoms with van der Waals surface area (Å²) in [6, 6.07) is 4.82. The zero-order chi connectivity index (χ0) is 9.14. The molecule has 0 atom stereocenters. The molecule has 12 heavy (non-hydrogen) atoms. The molecule has 0 unspecified atom stereocenters. The zero-order valence-electron chi connectivity index (χ0n) is 6.18. The summed E-state index contributed by atoms with van der Waals surface area (Å²) in [4.78, 5) is 0.302. The molecule has 64 valence electrons. The second-order valence-electron chi connectivity index (χ2n) is 2.38. The van der Waals surface area contributed by atoms with Gasteiger partial charge in [0.1, 0.15) is 5.82 Å². The van der Waals surface area contributed by atoms with Gasteiger partial charge in [0.15, 0.2) is 0 Å². The number of halogens is 2. The first kappa shape index (κ1) is 9.61. The lowest BCUT2D eigenvalue weighted by atomic mass is 10.1. The lowest BCUT2D eigenvalue weighted by Crippen LogP contribution is -2.11. The highest BCUT2D eigenvalue weighted by Gasteiger charge is 2.02. The number of benzene rings is 1. The molecular formula is C8H7BrFNS. The molecule has 0 aromatic heterocycles. The zero-order valence-corrected chi connectivity index (χ0v) is 8.58. The molecule has 1 aromatic rings. The summed E-state index contributed by atoms with van der Waals surface area (Å²) in [5, 5.41) is 0. The third kappa shape index (κ3) is 2.53. The van der Waals surface area contributed by atoms with Crippen molar-refractivity contribution >= 4 is 33.1 Å². The van der Waals surface area contributed by atoms with Crippen LogP contribution in [0, 0.1) is 5.82 Å². The van der Waals surface area contributed by atoms with E-state index in [0.29, 0.717) is 21.4 Å². The Labute approximate surface area is 83.9 Å². The summed E-state index contributed by atoms with van der Waals surface area (Å²) in [5.74, 6) is -0.280. The molecule has 1 nitrogen and oxygen atoms in total. The largest absolute Gasteiger partial charge is 0.393 e. The molecular weight excluding hydrogens is 241 g/mol. The molecule has 0 fully saturated rings. The van der Waals surface area contributed by atoms with Crippen molar-refractivity contribution in [3.8, 4) is 0 Å². The van der Waals surface area contributed by atoms with Crippen LogP contribution in [0.2, 0.25) is 0 Å². The van der Waals surface area contributed by atoms with Crippen LogP contribution in [0.1, 0.15) is 5.56 Å². The Bertz CT molecular complexity index is 314. The van der Waals surface area contributed by atoms with E-state index in [2.05, 4.69) is 28.1 Å². The maximum atomic E-state index is 13.1. The molecule has 0 amide bonds. The molecule has 1 rings (SSSR count). The summed E-state index contributed by atoms with van der Waals surface area (Å²) in [7, 11) is 0. The molecule has 0 saturated heterocycles. The van der Waals surface area contributed by atoms with Gasteiger partial charge in [-0.15, -0.1) is 0 Å². The van der Waals surface area contributed by atoms with Crippen LogP contribution in [0.4, 0.5) is 4.39 Å².